The standard InChI is InChI=1S/C34H30FN7O3S2/c1-21-8-7-15-40-29(21)36-30(39-18-16-38(17-19-39)24-13-11-23(35)12-14-24)26(31(40)43)20-27-32(44)41(34(46)47-27)28-22(2)37(3)42(33(28)45)25-9-5-4-6-10-25/h4-15,20H,16-19H2,1-3H3/b27-20+. The first-order valence-corrected chi connectivity index (χ1v) is 16.3. The van der Waals surface area contributed by atoms with Crippen molar-refractivity contribution >= 4 is 63.1 Å². The second-order valence-corrected chi connectivity index (χ2v) is 13.1. The molecule has 10 nitrogen and oxygen atoms in total. The summed E-state index contributed by atoms with van der Waals surface area (Å²) in [6.45, 7) is 6.02. The quantitative estimate of drug-likeness (QED) is 0.198. The van der Waals surface area contributed by atoms with E-state index in [9.17, 15) is 18.8 Å². The molecular weight excluding hydrogens is 638 g/mol. The van der Waals surface area contributed by atoms with Crippen molar-refractivity contribution in [3.8, 4) is 5.69 Å². The molecule has 0 radical (unpaired) electrons. The van der Waals surface area contributed by atoms with E-state index < -0.39 is 5.91 Å². The van der Waals surface area contributed by atoms with Crippen molar-refractivity contribution in [2.75, 3.05) is 40.9 Å². The summed E-state index contributed by atoms with van der Waals surface area (Å²) in [5, 5.41) is 0. The predicted molar refractivity (Wildman–Crippen MR) is 188 cm³/mol. The highest BCUT2D eigenvalue weighted by Crippen LogP contribution is 2.37. The van der Waals surface area contributed by atoms with Crippen LogP contribution in [0.15, 0.2) is 87.4 Å². The summed E-state index contributed by atoms with van der Waals surface area (Å²) in [4.78, 5) is 52.5. The summed E-state index contributed by atoms with van der Waals surface area (Å²) in [6.07, 6.45) is 3.22. The topological polar surface area (TPSA) is 88.1 Å². The minimum absolute atomic E-state index is 0.170. The van der Waals surface area contributed by atoms with Crippen LogP contribution in [0, 0.1) is 19.7 Å². The molecule has 3 aromatic heterocycles. The van der Waals surface area contributed by atoms with Crippen molar-refractivity contribution in [3.05, 3.63) is 121 Å². The summed E-state index contributed by atoms with van der Waals surface area (Å²) in [5.41, 5.74) is 3.24. The molecule has 2 aliphatic heterocycles. The van der Waals surface area contributed by atoms with Crippen LogP contribution >= 0.6 is 24.0 Å². The SMILES string of the molecule is Cc1cccn2c(=O)c(/C=C3/SC(=S)N(c4c(C)n(C)n(-c5ccccc5)c4=O)C3=O)c(N3CCN(c4ccc(F)cc4)CC3)nc12. The number of pyridine rings is 1. The Morgan fingerprint density at radius 2 is 1.53 bits per heavy atom. The van der Waals surface area contributed by atoms with Gasteiger partial charge >= 0.3 is 0 Å². The summed E-state index contributed by atoms with van der Waals surface area (Å²) in [6, 6.07) is 19.2. The number of halogens is 1. The van der Waals surface area contributed by atoms with Crippen molar-refractivity contribution < 1.29 is 9.18 Å². The third kappa shape index (κ3) is 5.25. The number of nitrogens with zero attached hydrogens (tertiary/aromatic N) is 7. The number of rotatable bonds is 5. The summed E-state index contributed by atoms with van der Waals surface area (Å²) in [5.74, 6) is -0.301. The minimum atomic E-state index is -0.480. The largest absolute Gasteiger partial charge is 0.368 e. The molecule has 0 spiro atoms. The van der Waals surface area contributed by atoms with Crippen LogP contribution in [0.4, 0.5) is 21.6 Å². The molecule has 0 saturated carbocycles. The molecule has 0 bridgehead atoms. The first-order chi connectivity index (χ1) is 22.6. The van der Waals surface area contributed by atoms with Gasteiger partial charge < -0.3 is 9.80 Å². The fraction of sp³-hybridized carbons (Fsp3) is 0.206. The van der Waals surface area contributed by atoms with Crippen LogP contribution in [0.5, 0.6) is 0 Å². The Morgan fingerprint density at radius 3 is 2.23 bits per heavy atom. The molecule has 0 atom stereocenters. The Hall–Kier alpha value is -5.01. The van der Waals surface area contributed by atoms with Gasteiger partial charge in [0.15, 0.2) is 4.32 Å². The number of thioether (sulfide) groups is 1. The van der Waals surface area contributed by atoms with Gasteiger partial charge in [-0.15, -0.1) is 0 Å². The molecule has 5 aromatic rings. The highest BCUT2D eigenvalue weighted by Gasteiger charge is 2.38. The molecule has 1 amide bonds. The molecule has 7 rings (SSSR count). The van der Waals surface area contributed by atoms with E-state index in [0.29, 0.717) is 49.0 Å². The molecule has 47 heavy (non-hydrogen) atoms. The maximum absolute atomic E-state index is 14.1. The second-order valence-electron chi connectivity index (χ2n) is 11.4. The molecule has 2 fully saturated rings. The fourth-order valence-electron chi connectivity index (χ4n) is 6.10. The van der Waals surface area contributed by atoms with Gasteiger partial charge in [-0.3, -0.25) is 28.4 Å². The van der Waals surface area contributed by atoms with Gasteiger partial charge in [0.25, 0.3) is 17.0 Å². The van der Waals surface area contributed by atoms with E-state index in [4.69, 9.17) is 17.2 Å². The third-order valence-electron chi connectivity index (χ3n) is 8.65. The molecule has 238 valence electrons. The number of hydrogen-bond acceptors (Lipinski definition) is 8. The van der Waals surface area contributed by atoms with E-state index in [0.717, 1.165) is 23.0 Å². The number of carbonyl (C=O) groups excluding carboxylic acids is 1. The van der Waals surface area contributed by atoms with Gasteiger partial charge in [0.05, 0.1) is 21.8 Å². The van der Waals surface area contributed by atoms with Crippen LogP contribution in [0.3, 0.4) is 0 Å². The second kappa shape index (κ2) is 12.0. The number of anilines is 3. The van der Waals surface area contributed by atoms with Crippen molar-refractivity contribution in [2.24, 2.45) is 7.05 Å². The molecule has 2 aromatic carbocycles. The van der Waals surface area contributed by atoms with E-state index in [1.54, 1.807) is 49.1 Å². The third-order valence-corrected chi connectivity index (χ3v) is 9.95. The van der Waals surface area contributed by atoms with Crippen LogP contribution in [-0.4, -0.2) is 55.2 Å². The number of piperazine rings is 1. The van der Waals surface area contributed by atoms with Crippen LogP contribution in [-0.2, 0) is 11.8 Å². The Morgan fingerprint density at radius 1 is 0.851 bits per heavy atom. The lowest BCUT2D eigenvalue weighted by Gasteiger charge is -2.37. The van der Waals surface area contributed by atoms with Gasteiger partial charge in [-0.05, 0) is 68.0 Å². The number of thiocarbonyl (C=S) groups is 1. The molecule has 2 aliphatic rings. The summed E-state index contributed by atoms with van der Waals surface area (Å²) in [7, 11) is 1.76. The van der Waals surface area contributed by atoms with Gasteiger partial charge in [0, 0.05) is 45.1 Å². The molecule has 0 unspecified atom stereocenters. The van der Waals surface area contributed by atoms with Gasteiger partial charge in [-0.25, -0.2) is 14.1 Å². The number of hydrogen-bond donors (Lipinski definition) is 0. The van der Waals surface area contributed by atoms with Crippen LogP contribution in [0.25, 0.3) is 17.4 Å². The summed E-state index contributed by atoms with van der Waals surface area (Å²) < 4.78 is 18.4. The number of carbonyl (C=O) groups is 1. The molecule has 2 saturated heterocycles. The fourth-order valence-corrected chi connectivity index (χ4v) is 7.35. The van der Waals surface area contributed by atoms with Crippen molar-refractivity contribution in [3.63, 3.8) is 0 Å². The van der Waals surface area contributed by atoms with Crippen LogP contribution < -0.4 is 25.8 Å². The van der Waals surface area contributed by atoms with Crippen molar-refractivity contribution in [2.45, 2.75) is 13.8 Å². The number of fused-ring (bicyclic) bond motifs is 1. The molecule has 13 heteroatoms. The van der Waals surface area contributed by atoms with Crippen molar-refractivity contribution in [1.82, 2.24) is 18.7 Å². The van der Waals surface area contributed by atoms with E-state index in [-0.39, 0.29) is 37.4 Å². The van der Waals surface area contributed by atoms with E-state index >= 15 is 0 Å². The lowest BCUT2D eigenvalue weighted by atomic mass is 10.2. The number of benzene rings is 2. The lowest BCUT2D eigenvalue weighted by Crippen LogP contribution is -2.47. The van der Waals surface area contributed by atoms with Crippen LogP contribution in [0.1, 0.15) is 16.8 Å². The highest BCUT2D eigenvalue weighted by molar-refractivity contribution is 8.27. The zero-order valence-electron chi connectivity index (χ0n) is 25.9. The summed E-state index contributed by atoms with van der Waals surface area (Å²) >= 11 is 6.71. The molecular formula is C34H30FN7O3S2. The van der Waals surface area contributed by atoms with Gasteiger partial charge in [0.2, 0.25) is 0 Å². The molecule has 5 heterocycles. The molecule has 0 aliphatic carbocycles. The normalized spacial score (nSPS) is 16.3. The average Bonchev–Trinajstić information content (AvgIpc) is 3.47. The van der Waals surface area contributed by atoms with Crippen molar-refractivity contribution in [1.29, 1.82) is 0 Å². The maximum Gasteiger partial charge on any atom is 0.296 e. The smallest absolute Gasteiger partial charge is 0.296 e. The zero-order chi connectivity index (χ0) is 33.0. The van der Waals surface area contributed by atoms with E-state index in [1.165, 1.54) is 26.1 Å². The average molecular weight is 668 g/mol. The minimum Gasteiger partial charge on any atom is -0.368 e. The number of aryl methyl sites for hydroxylation is 1. The Labute approximate surface area is 278 Å². The van der Waals surface area contributed by atoms with Crippen LogP contribution in [0.2, 0.25) is 0 Å². The Balaban J connectivity index is 1.28. The number of para-hydroxylation sites is 1. The highest BCUT2D eigenvalue weighted by atomic mass is 32.2. The lowest BCUT2D eigenvalue weighted by molar-refractivity contribution is -0.113. The van der Waals surface area contributed by atoms with Gasteiger partial charge in [-0.2, -0.15) is 0 Å². The Kier molecular flexibility index (Phi) is 7.80. The van der Waals surface area contributed by atoms with E-state index in [2.05, 4.69) is 4.90 Å². The monoisotopic (exact) mass is 667 g/mol. The maximum atomic E-state index is 14.1. The number of aromatic nitrogens is 4. The van der Waals surface area contributed by atoms with E-state index in [1.807, 2.05) is 48.2 Å². The first kappa shape index (κ1) is 30.6. The first-order valence-electron chi connectivity index (χ1n) is 15.0. The zero-order valence-corrected chi connectivity index (χ0v) is 27.5. The van der Waals surface area contributed by atoms with Gasteiger partial charge in [-0.1, -0.05) is 48.2 Å². The van der Waals surface area contributed by atoms with Gasteiger partial charge in [0.1, 0.15) is 23.0 Å². The predicted octanol–water partition coefficient (Wildman–Crippen LogP) is 4.67. The molecule has 0 N–H and O–H groups in total. The number of amides is 1. The Bertz CT molecular complexity index is 2220.